The zero-order valence-electron chi connectivity index (χ0n) is 19.5. The van der Waals surface area contributed by atoms with Crippen LogP contribution in [0.5, 0.6) is 5.75 Å². The molecule has 0 aliphatic heterocycles. The smallest absolute Gasteiger partial charge is 0.287 e. The Morgan fingerprint density at radius 1 is 1.16 bits per heavy atom. The van der Waals surface area contributed by atoms with E-state index in [9.17, 15) is 4.79 Å². The molecular weight excluding hydrogens is 400 g/mol. The first kappa shape index (κ1) is 22.4. The first-order chi connectivity index (χ1) is 15.5. The average Bonchev–Trinajstić information content (AvgIpc) is 3.26. The highest BCUT2D eigenvalue weighted by atomic mass is 16.5. The second-order valence-corrected chi connectivity index (χ2v) is 9.14. The highest BCUT2D eigenvalue weighted by Gasteiger charge is 2.27. The maximum atomic E-state index is 12.9. The van der Waals surface area contributed by atoms with Crippen LogP contribution in [0.2, 0.25) is 0 Å². The maximum absolute atomic E-state index is 12.9. The zero-order chi connectivity index (χ0) is 22.7. The lowest BCUT2D eigenvalue weighted by Gasteiger charge is -2.34. The normalized spacial score (nSPS) is 21.9. The van der Waals surface area contributed by atoms with Gasteiger partial charge in [-0.25, -0.2) is 0 Å². The minimum Gasteiger partial charge on any atom is -0.493 e. The summed E-state index contributed by atoms with van der Waals surface area (Å²) < 4.78 is 11.5. The van der Waals surface area contributed by atoms with E-state index in [0.717, 1.165) is 29.0 Å². The summed E-state index contributed by atoms with van der Waals surface area (Å²) in [6, 6.07) is 16.1. The molecule has 0 saturated heterocycles. The van der Waals surface area contributed by atoms with Gasteiger partial charge in [0.15, 0.2) is 17.1 Å². The quantitative estimate of drug-likeness (QED) is 0.490. The molecule has 0 spiro atoms. The third kappa shape index (κ3) is 4.68. The standard InChI is InChI=1S/C27H34N2O3/c1-17-9-8-12-23(18(17)2)28-16-21-13-14-24(31-4)26-22(21)15-25(32-26)27(30)29-19(3)20-10-6-5-7-11-20/h5-7,10-11,13-15,17-19,23,28H,8-9,12,16H2,1-4H3,(H,29,30). The van der Waals surface area contributed by atoms with E-state index in [4.69, 9.17) is 9.15 Å². The van der Waals surface area contributed by atoms with Gasteiger partial charge in [0.2, 0.25) is 0 Å². The minimum atomic E-state index is -0.228. The third-order valence-corrected chi connectivity index (χ3v) is 7.09. The summed E-state index contributed by atoms with van der Waals surface area (Å²) in [7, 11) is 1.62. The summed E-state index contributed by atoms with van der Waals surface area (Å²) in [4.78, 5) is 12.9. The molecule has 2 N–H and O–H groups in total. The molecule has 1 aliphatic rings. The molecule has 4 atom stereocenters. The number of hydrogen-bond donors (Lipinski definition) is 2. The maximum Gasteiger partial charge on any atom is 0.287 e. The Bertz CT molecular complexity index is 1060. The molecular formula is C27H34N2O3. The Morgan fingerprint density at radius 2 is 1.94 bits per heavy atom. The van der Waals surface area contributed by atoms with Gasteiger partial charge >= 0.3 is 0 Å². The number of rotatable bonds is 7. The number of nitrogens with one attached hydrogen (secondary N) is 2. The number of fused-ring (bicyclic) bond motifs is 1. The van der Waals surface area contributed by atoms with E-state index in [1.165, 1.54) is 19.3 Å². The van der Waals surface area contributed by atoms with Gasteiger partial charge in [0.25, 0.3) is 5.91 Å². The fourth-order valence-corrected chi connectivity index (χ4v) is 4.79. The van der Waals surface area contributed by atoms with E-state index in [1.807, 2.05) is 49.4 Å². The number of ether oxygens (including phenoxy) is 1. The van der Waals surface area contributed by atoms with E-state index >= 15 is 0 Å². The Labute approximate surface area is 190 Å². The number of amides is 1. The number of carbonyl (C=O) groups excluding carboxylic acids is 1. The van der Waals surface area contributed by atoms with Crippen molar-refractivity contribution in [2.45, 2.75) is 58.7 Å². The van der Waals surface area contributed by atoms with Gasteiger partial charge in [-0.15, -0.1) is 0 Å². The van der Waals surface area contributed by atoms with Crippen LogP contribution in [0.4, 0.5) is 0 Å². The molecule has 1 saturated carbocycles. The lowest BCUT2D eigenvalue weighted by Crippen LogP contribution is -2.40. The van der Waals surface area contributed by atoms with Crippen LogP contribution in [0.1, 0.15) is 67.8 Å². The van der Waals surface area contributed by atoms with Gasteiger partial charge in [0.05, 0.1) is 13.2 Å². The Hall–Kier alpha value is -2.79. The van der Waals surface area contributed by atoms with Gasteiger partial charge in [0.1, 0.15) is 0 Å². The van der Waals surface area contributed by atoms with Crippen molar-refractivity contribution in [3.8, 4) is 5.75 Å². The molecule has 5 nitrogen and oxygen atoms in total. The fourth-order valence-electron chi connectivity index (χ4n) is 4.79. The molecule has 0 radical (unpaired) electrons. The number of hydrogen-bond acceptors (Lipinski definition) is 4. The predicted octanol–water partition coefficient (Wildman–Crippen LogP) is 5.85. The summed E-state index contributed by atoms with van der Waals surface area (Å²) in [5.41, 5.74) is 2.79. The van der Waals surface area contributed by atoms with Crippen LogP contribution >= 0.6 is 0 Å². The molecule has 170 valence electrons. The molecule has 5 heteroatoms. The summed E-state index contributed by atoms with van der Waals surface area (Å²) in [6.07, 6.45) is 3.80. The lowest BCUT2D eigenvalue weighted by molar-refractivity contribution is 0.0914. The molecule has 1 aromatic heterocycles. The molecule has 32 heavy (non-hydrogen) atoms. The van der Waals surface area contributed by atoms with E-state index in [-0.39, 0.29) is 11.9 Å². The predicted molar refractivity (Wildman–Crippen MR) is 128 cm³/mol. The first-order valence-electron chi connectivity index (χ1n) is 11.7. The molecule has 3 aromatic rings. The molecule has 1 aliphatic carbocycles. The first-order valence-corrected chi connectivity index (χ1v) is 11.7. The van der Waals surface area contributed by atoms with Gasteiger partial charge in [-0.2, -0.15) is 0 Å². The molecule has 4 rings (SSSR count). The van der Waals surface area contributed by atoms with Crippen LogP contribution in [0.25, 0.3) is 11.0 Å². The second kappa shape index (κ2) is 9.78. The average molecular weight is 435 g/mol. The summed E-state index contributed by atoms with van der Waals surface area (Å²) in [5.74, 6) is 2.11. The topological polar surface area (TPSA) is 63.5 Å². The molecule has 1 fully saturated rings. The lowest BCUT2D eigenvalue weighted by atomic mass is 9.78. The van der Waals surface area contributed by atoms with Gasteiger partial charge in [0, 0.05) is 18.0 Å². The van der Waals surface area contributed by atoms with Crippen LogP contribution in [-0.2, 0) is 6.54 Å². The Kier molecular flexibility index (Phi) is 6.85. The molecule has 4 unspecified atom stereocenters. The van der Waals surface area contributed by atoms with Gasteiger partial charge < -0.3 is 19.8 Å². The summed E-state index contributed by atoms with van der Waals surface area (Å²) in [5, 5.41) is 7.71. The van der Waals surface area contributed by atoms with Gasteiger partial charge in [-0.1, -0.05) is 63.1 Å². The largest absolute Gasteiger partial charge is 0.493 e. The fraction of sp³-hybridized carbons (Fsp3) is 0.444. The van der Waals surface area contributed by atoms with Crippen molar-refractivity contribution in [3.63, 3.8) is 0 Å². The van der Waals surface area contributed by atoms with Crippen molar-refractivity contribution in [3.05, 3.63) is 65.4 Å². The van der Waals surface area contributed by atoms with Crippen LogP contribution in [0, 0.1) is 11.8 Å². The van der Waals surface area contributed by atoms with E-state index in [1.54, 1.807) is 7.11 Å². The van der Waals surface area contributed by atoms with Gasteiger partial charge in [-0.3, -0.25) is 4.79 Å². The molecule has 0 bridgehead atoms. The van der Waals surface area contributed by atoms with Crippen LogP contribution in [-0.4, -0.2) is 19.1 Å². The summed E-state index contributed by atoms with van der Waals surface area (Å²) in [6.45, 7) is 7.40. The molecule has 1 heterocycles. The third-order valence-electron chi connectivity index (χ3n) is 7.09. The summed E-state index contributed by atoms with van der Waals surface area (Å²) >= 11 is 0. The van der Waals surface area contributed by atoms with Crippen molar-refractivity contribution in [2.24, 2.45) is 11.8 Å². The Balaban J connectivity index is 1.54. The number of benzene rings is 2. The monoisotopic (exact) mass is 434 g/mol. The number of carbonyl (C=O) groups is 1. The highest BCUT2D eigenvalue weighted by Crippen LogP contribution is 2.33. The Morgan fingerprint density at radius 3 is 2.69 bits per heavy atom. The molecule has 2 aromatic carbocycles. The van der Waals surface area contributed by atoms with E-state index < -0.39 is 0 Å². The van der Waals surface area contributed by atoms with Crippen molar-refractivity contribution < 1.29 is 13.9 Å². The molecule has 1 amide bonds. The van der Waals surface area contributed by atoms with E-state index in [0.29, 0.717) is 29.1 Å². The van der Waals surface area contributed by atoms with Crippen LogP contribution in [0.3, 0.4) is 0 Å². The van der Waals surface area contributed by atoms with Crippen LogP contribution < -0.4 is 15.4 Å². The minimum absolute atomic E-state index is 0.116. The van der Waals surface area contributed by atoms with Crippen molar-refractivity contribution in [1.29, 1.82) is 0 Å². The van der Waals surface area contributed by atoms with Crippen molar-refractivity contribution in [1.82, 2.24) is 10.6 Å². The van der Waals surface area contributed by atoms with Crippen LogP contribution in [0.15, 0.2) is 52.9 Å². The SMILES string of the molecule is COc1ccc(CNC2CCCC(C)C2C)c2cc(C(=O)NC(C)c3ccccc3)oc12. The number of methoxy groups -OCH3 is 1. The van der Waals surface area contributed by atoms with E-state index in [2.05, 4.69) is 30.5 Å². The van der Waals surface area contributed by atoms with Crippen molar-refractivity contribution >= 4 is 16.9 Å². The highest BCUT2D eigenvalue weighted by molar-refractivity contribution is 5.98. The van der Waals surface area contributed by atoms with Crippen molar-refractivity contribution in [2.75, 3.05) is 7.11 Å². The second-order valence-electron chi connectivity index (χ2n) is 9.14. The number of furan rings is 1. The zero-order valence-corrected chi connectivity index (χ0v) is 19.5. The van der Waals surface area contributed by atoms with Gasteiger partial charge in [-0.05, 0) is 48.4 Å².